The van der Waals surface area contributed by atoms with Gasteiger partial charge < -0.3 is 19.2 Å². The van der Waals surface area contributed by atoms with E-state index in [2.05, 4.69) is 5.32 Å². The molecule has 0 radical (unpaired) electrons. The number of nitrogens with one attached hydrogen (secondary N) is 1. The van der Waals surface area contributed by atoms with Crippen LogP contribution < -0.4 is 5.32 Å². The van der Waals surface area contributed by atoms with Crippen molar-refractivity contribution in [2.24, 2.45) is 0 Å². The zero-order valence-corrected chi connectivity index (χ0v) is 15.7. The van der Waals surface area contributed by atoms with E-state index in [1.165, 1.54) is 11.3 Å². The van der Waals surface area contributed by atoms with E-state index in [1.54, 1.807) is 31.4 Å². The van der Waals surface area contributed by atoms with Crippen molar-refractivity contribution in [3.05, 3.63) is 28.8 Å². The first-order valence-corrected chi connectivity index (χ1v) is 9.15. The van der Waals surface area contributed by atoms with E-state index in [4.69, 9.17) is 13.9 Å². The van der Waals surface area contributed by atoms with E-state index in [0.717, 1.165) is 0 Å². The predicted molar refractivity (Wildman–Crippen MR) is 97.2 cm³/mol. The van der Waals surface area contributed by atoms with Crippen molar-refractivity contribution in [2.45, 2.75) is 33.6 Å². The van der Waals surface area contributed by atoms with Gasteiger partial charge in [-0.3, -0.25) is 9.59 Å². The first-order valence-electron chi connectivity index (χ1n) is 8.27. The number of thiophene rings is 1. The number of hydrogen-bond acceptors (Lipinski definition) is 7. The number of carbonyl (C=O) groups is 3. The van der Waals surface area contributed by atoms with Gasteiger partial charge in [-0.05, 0) is 32.4 Å². The molecule has 0 aliphatic rings. The molecule has 8 heteroatoms. The minimum absolute atomic E-state index is 0.202. The summed E-state index contributed by atoms with van der Waals surface area (Å²) in [5.41, 5.74) is 0.763. The highest BCUT2D eigenvalue weighted by Crippen LogP contribution is 2.37. The van der Waals surface area contributed by atoms with Crippen LogP contribution in [0.15, 0.2) is 21.9 Å². The van der Waals surface area contributed by atoms with Gasteiger partial charge in [-0.2, -0.15) is 0 Å². The Hall–Kier alpha value is -2.61. The molecular formula is C18H21NO6S. The molecule has 0 aliphatic carbocycles. The molecule has 0 unspecified atom stereocenters. The van der Waals surface area contributed by atoms with Gasteiger partial charge in [0.1, 0.15) is 22.1 Å². The van der Waals surface area contributed by atoms with Crippen LogP contribution in [0.5, 0.6) is 0 Å². The van der Waals surface area contributed by atoms with Gasteiger partial charge in [-0.15, -0.1) is 11.3 Å². The molecule has 0 spiro atoms. The van der Waals surface area contributed by atoms with Gasteiger partial charge >= 0.3 is 11.9 Å². The van der Waals surface area contributed by atoms with Crippen molar-refractivity contribution in [3.63, 3.8) is 0 Å². The van der Waals surface area contributed by atoms with Crippen molar-refractivity contribution >= 4 is 34.2 Å². The molecule has 1 N–H and O–H groups in total. The summed E-state index contributed by atoms with van der Waals surface area (Å²) in [7, 11) is 0. The van der Waals surface area contributed by atoms with E-state index in [9.17, 15) is 14.4 Å². The van der Waals surface area contributed by atoms with Gasteiger partial charge in [0.25, 0.3) is 5.91 Å². The Bertz CT molecular complexity index is 791. The average Bonchev–Trinajstić information content (AvgIpc) is 3.19. The van der Waals surface area contributed by atoms with Crippen LogP contribution in [-0.2, 0) is 19.1 Å². The number of hydrogen-bond donors (Lipinski definition) is 1. The summed E-state index contributed by atoms with van der Waals surface area (Å²) in [5.74, 6) is -0.308. The summed E-state index contributed by atoms with van der Waals surface area (Å²) in [6.07, 6.45) is 0.895. The number of aryl methyl sites for hydroxylation is 1. The Morgan fingerprint density at radius 1 is 1.19 bits per heavy atom. The number of esters is 2. The molecule has 7 nitrogen and oxygen atoms in total. The molecule has 0 atom stereocenters. The Labute approximate surface area is 155 Å². The molecule has 140 valence electrons. The molecule has 0 bridgehead atoms. The largest absolute Gasteiger partial charge is 0.462 e. The molecule has 0 aliphatic heterocycles. The van der Waals surface area contributed by atoms with Crippen LogP contribution in [0, 0.1) is 6.92 Å². The van der Waals surface area contributed by atoms with Crippen molar-refractivity contribution < 1.29 is 28.3 Å². The van der Waals surface area contributed by atoms with E-state index in [0.29, 0.717) is 28.5 Å². The Morgan fingerprint density at radius 3 is 2.58 bits per heavy atom. The zero-order chi connectivity index (χ0) is 19.1. The van der Waals surface area contributed by atoms with Gasteiger partial charge in [-0.25, -0.2) is 4.79 Å². The fourth-order valence-corrected chi connectivity index (χ4v) is 3.16. The highest BCUT2D eigenvalue weighted by Gasteiger charge is 2.24. The lowest BCUT2D eigenvalue weighted by molar-refractivity contribution is -0.147. The van der Waals surface area contributed by atoms with Gasteiger partial charge in [0, 0.05) is 17.4 Å². The zero-order valence-electron chi connectivity index (χ0n) is 14.9. The molecule has 0 fully saturated rings. The van der Waals surface area contributed by atoms with Crippen LogP contribution >= 0.6 is 11.3 Å². The van der Waals surface area contributed by atoms with Gasteiger partial charge in [0.05, 0.1) is 6.61 Å². The fraction of sp³-hybridized carbons (Fsp3) is 0.389. The van der Waals surface area contributed by atoms with E-state index in [1.807, 2.05) is 6.92 Å². The highest BCUT2D eigenvalue weighted by molar-refractivity contribution is 7.15. The summed E-state index contributed by atoms with van der Waals surface area (Å²) in [5, 5.41) is 4.64. The van der Waals surface area contributed by atoms with Gasteiger partial charge in [0.15, 0.2) is 6.61 Å². The third-order valence-electron chi connectivity index (χ3n) is 3.35. The number of furan rings is 1. The summed E-state index contributed by atoms with van der Waals surface area (Å²) in [6.45, 7) is 5.14. The van der Waals surface area contributed by atoms with E-state index >= 15 is 0 Å². The lowest BCUT2D eigenvalue weighted by atomic mass is 10.1. The summed E-state index contributed by atoms with van der Waals surface area (Å²) < 4.78 is 15.6. The molecule has 2 aromatic rings. The van der Waals surface area contributed by atoms with Crippen molar-refractivity contribution in [2.75, 3.05) is 18.5 Å². The van der Waals surface area contributed by atoms with Crippen molar-refractivity contribution in [1.29, 1.82) is 0 Å². The number of carbonyl (C=O) groups excluding carboxylic acids is 3. The molecular weight excluding hydrogens is 358 g/mol. The summed E-state index contributed by atoms with van der Waals surface area (Å²) in [6, 6.07) is 3.53. The molecule has 1 amide bonds. The number of ether oxygens (including phenoxy) is 2. The third kappa shape index (κ3) is 4.95. The Balaban J connectivity index is 2.19. The molecule has 2 rings (SSSR count). The normalized spacial score (nSPS) is 10.4. The molecule has 0 saturated heterocycles. The number of rotatable bonds is 8. The maximum atomic E-state index is 12.4. The second-order valence-electron chi connectivity index (χ2n) is 5.44. The fourth-order valence-electron chi connectivity index (χ4n) is 2.20. The minimum atomic E-state index is -0.559. The van der Waals surface area contributed by atoms with Crippen LogP contribution in [0.2, 0.25) is 0 Å². The quantitative estimate of drug-likeness (QED) is 0.702. The molecule has 0 aromatic carbocycles. The first kappa shape index (κ1) is 19.7. The van der Waals surface area contributed by atoms with E-state index < -0.39 is 24.5 Å². The monoisotopic (exact) mass is 379 g/mol. The van der Waals surface area contributed by atoms with Gasteiger partial charge in [0.2, 0.25) is 0 Å². The third-order valence-corrected chi connectivity index (χ3v) is 4.24. The maximum Gasteiger partial charge on any atom is 0.341 e. The van der Waals surface area contributed by atoms with Gasteiger partial charge in [-0.1, -0.05) is 6.92 Å². The van der Waals surface area contributed by atoms with Crippen molar-refractivity contribution in [1.82, 2.24) is 0 Å². The van der Waals surface area contributed by atoms with Crippen LogP contribution in [-0.4, -0.2) is 31.1 Å². The van der Waals surface area contributed by atoms with Crippen LogP contribution in [0.1, 0.15) is 42.8 Å². The van der Waals surface area contributed by atoms with Crippen LogP contribution in [0.4, 0.5) is 5.00 Å². The standard InChI is InChI=1S/C18H21NO6S/c1-4-6-15(21)24-9-14(20)19-17-16(18(22)23-5-2)12(10-26-17)13-8-7-11(3)25-13/h7-8,10H,4-6,9H2,1-3H3,(H,19,20). The molecule has 2 heterocycles. The molecule has 26 heavy (non-hydrogen) atoms. The van der Waals surface area contributed by atoms with E-state index in [-0.39, 0.29) is 18.6 Å². The number of amides is 1. The maximum absolute atomic E-state index is 12.4. The second-order valence-corrected chi connectivity index (χ2v) is 6.32. The number of anilines is 1. The molecule has 0 saturated carbocycles. The second kappa shape index (κ2) is 9.19. The lowest BCUT2D eigenvalue weighted by Crippen LogP contribution is -2.21. The lowest BCUT2D eigenvalue weighted by Gasteiger charge is -2.08. The van der Waals surface area contributed by atoms with Crippen LogP contribution in [0.25, 0.3) is 11.3 Å². The summed E-state index contributed by atoms with van der Waals surface area (Å²) in [4.78, 5) is 35.8. The summed E-state index contributed by atoms with van der Waals surface area (Å²) >= 11 is 1.17. The molecule has 2 aromatic heterocycles. The predicted octanol–water partition coefficient (Wildman–Crippen LogP) is 3.78. The van der Waals surface area contributed by atoms with Crippen molar-refractivity contribution in [3.8, 4) is 11.3 Å². The average molecular weight is 379 g/mol. The van der Waals surface area contributed by atoms with Crippen LogP contribution in [0.3, 0.4) is 0 Å². The Kier molecular flexibility index (Phi) is 6.97. The topological polar surface area (TPSA) is 94.8 Å². The Morgan fingerprint density at radius 2 is 1.96 bits per heavy atom. The minimum Gasteiger partial charge on any atom is -0.462 e. The highest BCUT2D eigenvalue weighted by atomic mass is 32.1. The smallest absolute Gasteiger partial charge is 0.341 e. The first-order chi connectivity index (χ1) is 12.5. The SMILES string of the molecule is CCCC(=O)OCC(=O)Nc1scc(-c2ccc(C)o2)c1C(=O)OCC.